The summed E-state index contributed by atoms with van der Waals surface area (Å²) in [5.74, 6) is 2.29. The molecule has 0 heterocycles. The summed E-state index contributed by atoms with van der Waals surface area (Å²) < 4.78 is 16.2. The number of methoxy groups -OCH3 is 3. The SMILES string of the molecule is Br.COc1cc(OC)c(OC)cc1CNC1CCCCCC1. The normalized spacial score (nSPS) is 15.6. The average Bonchev–Trinajstić information content (AvgIpc) is 2.80. The first-order valence-corrected chi connectivity index (χ1v) is 7.80. The van der Waals surface area contributed by atoms with Crippen molar-refractivity contribution in [2.45, 2.75) is 51.1 Å². The van der Waals surface area contributed by atoms with E-state index < -0.39 is 0 Å². The van der Waals surface area contributed by atoms with E-state index in [1.165, 1.54) is 38.5 Å². The smallest absolute Gasteiger partial charge is 0.164 e. The Hall–Kier alpha value is -0.940. The van der Waals surface area contributed by atoms with Crippen LogP contribution in [0.2, 0.25) is 0 Å². The molecule has 1 aliphatic rings. The quantitative estimate of drug-likeness (QED) is 0.761. The highest BCUT2D eigenvalue weighted by atomic mass is 79.9. The fourth-order valence-electron chi connectivity index (χ4n) is 2.97. The van der Waals surface area contributed by atoms with Crippen LogP contribution in [-0.2, 0) is 6.54 Å². The molecule has 1 aromatic carbocycles. The number of hydrogen-bond acceptors (Lipinski definition) is 4. The van der Waals surface area contributed by atoms with Crippen molar-refractivity contribution < 1.29 is 14.2 Å². The van der Waals surface area contributed by atoms with E-state index in [-0.39, 0.29) is 17.0 Å². The van der Waals surface area contributed by atoms with Crippen LogP contribution in [0.25, 0.3) is 0 Å². The van der Waals surface area contributed by atoms with Crippen molar-refractivity contribution in [2.75, 3.05) is 21.3 Å². The Bertz CT molecular complexity index is 446. The van der Waals surface area contributed by atoms with Crippen molar-refractivity contribution in [3.05, 3.63) is 17.7 Å². The molecular weight excluding hydrogens is 346 g/mol. The molecular formula is C17H28BrNO3. The molecule has 0 aromatic heterocycles. The minimum absolute atomic E-state index is 0. The van der Waals surface area contributed by atoms with Gasteiger partial charge >= 0.3 is 0 Å². The lowest BCUT2D eigenvalue weighted by molar-refractivity contribution is 0.346. The molecule has 0 saturated heterocycles. The predicted octanol–water partition coefficient (Wildman–Crippen LogP) is 4.10. The van der Waals surface area contributed by atoms with Crippen molar-refractivity contribution in [3.8, 4) is 17.2 Å². The van der Waals surface area contributed by atoms with E-state index >= 15 is 0 Å². The zero-order valence-corrected chi connectivity index (χ0v) is 15.5. The summed E-state index contributed by atoms with van der Waals surface area (Å²) in [5, 5.41) is 3.67. The Balaban J connectivity index is 0.00000242. The zero-order valence-electron chi connectivity index (χ0n) is 13.8. The summed E-state index contributed by atoms with van der Waals surface area (Å²) in [4.78, 5) is 0. The predicted molar refractivity (Wildman–Crippen MR) is 94.7 cm³/mol. The molecule has 0 spiro atoms. The van der Waals surface area contributed by atoms with Gasteiger partial charge in [-0.2, -0.15) is 0 Å². The van der Waals surface area contributed by atoms with Crippen molar-refractivity contribution in [1.29, 1.82) is 0 Å². The van der Waals surface area contributed by atoms with Crippen LogP contribution in [0.3, 0.4) is 0 Å². The van der Waals surface area contributed by atoms with Gasteiger partial charge in [-0.25, -0.2) is 0 Å². The van der Waals surface area contributed by atoms with Gasteiger partial charge in [0.2, 0.25) is 0 Å². The van der Waals surface area contributed by atoms with Gasteiger partial charge in [0.05, 0.1) is 21.3 Å². The fraction of sp³-hybridized carbons (Fsp3) is 0.647. The molecule has 5 heteroatoms. The van der Waals surface area contributed by atoms with Crippen LogP contribution in [0.5, 0.6) is 17.2 Å². The second-order valence-electron chi connectivity index (χ2n) is 5.59. The standard InChI is InChI=1S/C17H27NO3.BrH/c1-19-15-11-17(21-3)16(20-2)10-13(15)12-18-14-8-6-4-5-7-9-14;/h10-11,14,18H,4-9,12H2,1-3H3;1H. The average molecular weight is 374 g/mol. The highest BCUT2D eigenvalue weighted by Crippen LogP contribution is 2.34. The number of halogens is 1. The van der Waals surface area contributed by atoms with Gasteiger partial charge in [0, 0.05) is 24.2 Å². The monoisotopic (exact) mass is 373 g/mol. The molecule has 1 aromatic rings. The molecule has 0 unspecified atom stereocenters. The van der Waals surface area contributed by atoms with Gasteiger partial charge in [-0.05, 0) is 18.9 Å². The highest BCUT2D eigenvalue weighted by molar-refractivity contribution is 8.93. The van der Waals surface area contributed by atoms with Crippen LogP contribution >= 0.6 is 17.0 Å². The molecule has 0 bridgehead atoms. The molecule has 0 radical (unpaired) electrons. The van der Waals surface area contributed by atoms with Crippen LogP contribution in [0.15, 0.2) is 12.1 Å². The van der Waals surface area contributed by atoms with Crippen LogP contribution in [0, 0.1) is 0 Å². The molecule has 4 nitrogen and oxygen atoms in total. The molecule has 0 aliphatic heterocycles. The second kappa shape index (κ2) is 9.95. The molecule has 2 rings (SSSR count). The third-order valence-corrected chi connectivity index (χ3v) is 4.22. The topological polar surface area (TPSA) is 39.7 Å². The van der Waals surface area contributed by atoms with Gasteiger partial charge in [0.15, 0.2) is 11.5 Å². The molecule has 1 aliphatic carbocycles. The first-order chi connectivity index (χ1) is 10.3. The van der Waals surface area contributed by atoms with E-state index in [1.54, 1.807) is 21.3 Å². The van der Waals surface area contributed by atoms with E-state index in [1.807, 2.05) is 12.1 Å². The lowest BCUT2D eigenvalue weighted by Gasteiger charge is -2.19. The van der Waals surface area contributed by atoms with Crippen LogP contribution in [0.4, 0.5) is 0 Å². The number of nitrogens with one attached hydrogen (secondary N) is 1. The Morgan fingerprint density at radius 1 is 0.864 bits per heavy atom. The third kappa shape index (κ3) is 5.06. The van der Waals surface area contributed by atoms with Gasteiger partial charge in [-0.1, -0.05) is 25.7 Å². The summed E-state index contributed by atoms with van der Waals surface area (Å²) in [6, 6.07) is 4.51. The molecule has 1 fully saturated rings. The maximum absolute atomic E-state index is 5.48. The molecule has 0 atom stereocenters. The van der Waals surface area contributed by atoms with E-state index in [2.05, 4.69) is 5.32 Å². The molecule has 1 N–H and O–H groups in total. The number of benzene rings is 1. The van der Waals surface area contributed by atoms with Gasteiger partial charge in [0.1, 0.15) is 5.75 Å². The van der Waals surface area contributed by atoms with Crippen molar-refractivity contribution in [1.82, 2.24) is 5.32 Å². The third-order valence-electron chi connectivity index (χ3n) is 4.22. The molecule has 0 amide bonds. The molecule has 126 valence electrons. The minimum atomic E-state index is 0. The highest BCUT2D eigenvalue weighted by Gasteiger charge is 2.15. The van der Waals surface area contributed by atoms with E-state index in [0.717, 1.165) is 23.6 Å². The van der Waals surface area contributed by atoms with Crippen molar-refractivity contribution in [2.24, 2.45) is 0 Å². The van der Waals surface area contributed by atoms with E-state index in [9.17, 15) is 0 Å². The Kier molecular flexibility index (Phi) is 8.64. The van der Waals surface area contributed by atoms with Gasteiger partial charge < -0.3 is 19.5 Å². The largest absolute Gasteiger partial charge is 0.496 e. The number of hydrogen-bond donors (Lipinski definition) is 1. The first-order valence-electron chi connectivity index (χ1n) is 7.80. The van der Waals surface area contributed by atoms with Crippen LogP contribution < -0.4 is 19.5 Å². The summed E-state index contributed by atoms with van der Waals surface area (Å²) in [7, 11) is 4.99. The van der Waals surface area contributed by atoms with E-state index in [0.29, 0.717) is 11.8 Å². The lowest BCUT2D eigenvalue weighted by Crippen LogP contribution is -2.28. The summed E-state index contributed by atoms with van der Waals surface area (Å²) in [6.45, 7) is 0.800. The maximum Gasteiger partial charge on any atom is 0.164 e. The van der Waals surface area contributed by atoms with Crippen molar-refractivity contribution >= 4 is 17.0 Å². The summed E-state index contributed by atoms with van der Waals surface area (Å²) in [5.41, 5.74) is 1.11. The number of rotatable bonds is 6. The number of ether oxygens (including phenoxy) is 3. The first kappa shape index (κ1) is 19.1. The Labute approximate surface area is 144 Å². The zero-order chi connectivity index (χ0) is 15.1. The van der Waals surface area contributed by atoms with Crippen LogP contribution in [-0.4, -0.2) is 27.4 Å². The van der Waals surface area contributed by atoms with Crippen molar-refractivity contribution in [3.63, 3.8) is 0 Å². The van der Waals surface area contributed by atoms with E-state index in [4.69, 9.17) is 14.2 Å². The van der Waals surface area contributed by atoms with Gasteiger partial charge in [-0.3, -0.25) is 0 Å². The summed E-state index contributed by atoms with van der Waals surface area (Å²) >= 11 is 0. The van der Waals surface area contributed by atoms with Crippen LogP contribution in [0.1, 0.15) is 44.1 Å². The maximum atomic E-state index is 5.48. The fourth-order valence-corrected chi connectivity index (χ4v) is 2.97. The molecule has 1 saturated carbocycles. The van der Waals surface area contributed by atoms with Gasteiger partial charge in [0.25, 0.3) is 0 Å². The Morgan fingerprint density at radius 3 is 1.95 bits per heavy atom. The molecule has 22 heavy (non-hydrogen) atoms. The Morgan fingerprint density at radius 2 is 1.41 bits per heavy atom. The minimum Gasteiger partial charge on any atom is -0.496 e. The lowest BCUT2D eigenvalue weighted by atomic mass is 10.1. The second-order valence-corrected chi connectivity index (χ2v) is 5.59. The van der Waals surface area contributed by atoms with Gasteiger partial charge in [-0.15, -0.1) is 17.0 Å². The summed E-state index contributed by atoms with van der Waals surface area (Å²) in [6.07, 6.45) is 7.96.